The highest BCUT2D eigenvalue weighted by atomic mass is 35.5. The summed E-state index contributed by atoms with van der Waals surface area (Å²) in [6, 6.07) is 12.3. The van der Waals surface area contributed by atoms with Gasteiger partial charge < -0.3 is 15.3 Å². The van der Waals surface area contributed by atoms with Gasteiger partial charge in [0.15, 0.2) is 17.3 Å². The fourth-order valence-electron chi connectivity index (χ4n) is 5.15. The predicted molar refractivity (Wildman–Crippen MR) is 128 cm³/mol. The topological polar surface area (TPSA) is 65.6 Å². The fraction of sp³-hybridized carbons (Fsp3) is 0.400. The summed E-state index contributed by atoms with van der Waals surface area (Å²) in [7, 11) is 0. The number of anilines is 2. The minimum atomic E-state index is -0.239. The number of rotatable bonds is 4. The highest BCUT2D eigenvalue weighted by Crippen LogP contribution is 2.41. The van der Waals surface area contributed by atoms with E-state index in [4.69, 9.17) is 18.2 Å². The molecule has 2 bridgehead atoms. The van der Waals surface area contributed by atoms with E-state index >= 15 is 0 Å². The van der Waals surface area contributed by atoms with Crippen LogP contribution in [0.5, 0.6) is 0 Å². The summed E-state index contributed by atoms with van der Waals surface area (Å²) in [6.07, 6.45) is 4.61. The number of benzene rings is 2. The molecule has 2 unspecified atom stereocenters. The molecule has 32 heavy (non-hydrogen) atoms. The fourth-order valence-corrected chi connectivity index (χ4v) is 5.35. The first-order chi connectivity index (χ1) is 15.5. The summed E-state index contributed by atoms with van der Waals surface area (Å²) in [5.41, 5.74) is 2.68. The highest BCUT2D eigenvalue weighted by molar-refractivity contribution is 6.31. The van der Waals surface area contributed by atoms with Crippen LogP contribution in [0.15, 0.2) is 36.4 Å². The molecule has 5 rings (SSSR count). The van der Waals surface area contributed by atoms with Crippen LogP contribution in [0, 0.1) is 13.5 Å². The van der Waals surface area contributed by atoms with Gasteiger partial charge in [-0.15, -0.1) is 10.2 Å². The third-order valence-electron chi connectivity index (χ3n) is 6.76. The van der Waals surface area contributed by atoms with Crippen molar-refractivity contribution in [2.24, 2.45) is 0 Å². The van der Waals surface area contributed by atoms with E-state index in [-0.39, 0.29) is 18.2 Å². The molecule has 1 aromatic heterocycles. The standard InChI is InChI=1S/C25H26ClN5O/c1-15-6-7-16(10-23(15)26)14-28-24-22-11-17(27-2)8-9-21(22)25(30-29-24)31-18-4-3-5-19(31)13-20(32)12-18/h6-11,18-20,32H,3-5,12-14H2,1H3,(H,28,29). The van der Waals surface area contributed by atoms with Crippen LogP contribution in [0.4, 0.5) is 17.3 Å². The Kier molecular flexibility index (Phi) is 5.62. The Labute approximate surface area is 193 Å². The number of nitrogens with one attached hydrogen (secondary N) is 1. The molecule has 6 nitrogen and oxygen atoms in total. The molecule has 2 aliphatic heterocycles. The summed E-state index contributed by atoms with van der Waals surface area (Å²) in [6.45, 7) is 10.0. The molecule has 0 aliphatic carbocycles. The third kappa shape index (κ3) is 3.87. The number of fused-ring (bicyclic) bond motifs is 3. The number of aromatic nitrogens is 2. The second kappa shape index (κ2) is 8.57. The molecule has 2 aliphatic rings. The van der Waals surface area contributed by atoms with Crippen LogP contribution in [-0.4, -0.2) is 33.5 Å². The minimum absolute atomic E-state index is 0.239. The average molecular weight is 448 g/mol. The lowest BCUT2D eigenvalue weighted by Gasteiger charge is -2.48. The maximum Gasteiger partial charge on any atom is 0.188 e. The van der Waals surface area contributed by atoms with Crippen molar-refractivity contribution in [3.63, 3.8) is 0 Å². The van der Waals surface area contributed by atoms with Crippen molar-refractivity contribution in [2.75, 3.05) is 10.2 Å². The maximum atomic E-state index is 10.3. The monoisotopic (exact) mass is 447 g/mol. The number of halogens is 1. The van der Waals surface area contributed by atoms with E-state index in [9.17, 15) is 5.11 Å². The molecule has 0 saturated carbocycles. The Morgan fingerprint density at radius 2 is 1.91 bits per heavy atom. The third-order valence-corrected chi connectivity index (χ3v) is 7.17. The lowest BCUT2D eigenvalue weighted by molar-refractivity contribution is 0.0925. The van der Waals surface area contributed by atoms with Gasteiger partial charge in [0.25, 0.3) is 0 Å². The molecule has 2 fully saturated rings. The molecule has 3 heterocycles. The Morgan fingerprint density at radius 1 is 1.12 bits per heavy atom. The molecular formula is C25H26ClN5O. The molecule has 0 spiro atoms. The Hall–Kier alpha value is -2.88. The molecule has 164 valence electrons. The van der Waals surface area contributed by atoms with Crippen molar-refractivity contribution in [3.05, 3.63) is 64.0 Å². The largest absolute Gasteiger partial charge is 0.393 e. The van der Waals surface area contributed by atoms with Crippen molar-refractivity contribution in [1.29, 1.82) is 0 Å². The van der Waals surface area contributed by atoms with E-state index in [1.54, 1.807) is 0 Å². The predicted octanol–water partition coefficient (Wildman–Crippen LogP) is 5.64. The van der Waals surface area contributed by atoms with Crippen LogP contribution >= 0.6 is 11.6 Å². The highest BCUT2D eigenvalue weighted by Gasteiger charge is 2.39. The minimum Gasteiger partial charge on any atom is -0.393 e. The maximum absolute atomic E-state index is 10.3. The van der Waals surface area contributed by atoms with E-state index in [1.165, 1.54) is 6.42 Å². The van der Waals surface area contributed by atoms with E-state index in [0.29, 0.717) is 18.1 Å². The quantitative estimate of drug-likeness (QED) is 0.507. The Balaban J connectivity index is 1.52. The first-order valence-corrected chi connectivity index (χ1v) is 11.5. The summed E-state index contributed by atoms with van der Waals surface area (Å²) >= 11 is 6.28. The van der Waals surface area contributed by atoms with Crippen LogP contribution in [0.2, 0.25) is 5.02 Å². The molecule has 3 aromatic rings. The van der Waals surface area contributed by atoms with Gasteiger partial charge in [0, 0.05) is 34.4 Å². The zero-order valence-electron chi connectivity index (χ0n) is 18.1. The van der Waals surface area contributed by atoms with Gasteiger partial charge in [0.2, 0.25) is 0 Å². The van der Waals surface area contributed by atoms with Crippen molar-refractivity contribution >= 4 is 39.7 Å². The van der Waals surface area contributed by atoms with Gasteiger partial charge in [0.1, 0.15) is 0 Å². The van der Waals surface area contributed by atoms with Gasteiger partial charge >= 0.3 is 0 Å². The number of hydrogen-bond acceptors (Lipinski definition) is 5. The Morgan fingerprint density at radius 3 is 2.62 bits per heavy atom. The molecule has 2 saturated heterocycles. The van der Waals surface area contributed by atoms with Gasteiger partial charge in [-0.05, 0) is 62.3 Å². The average Bonchev–Trinajstić information content (AvgIpc) is 2.79. The van der Waals surface area contributed by atoms with E-state index in [2.05, 4.69) is 25.3 Å². The Bertz CT molecular complexity index is 1190. The molecule has 2 atom stereocenters. The first kappa shape index (κ1) is 21.0. The molecule has 7 heteroatoms. The number of piperidine rings is 2. The van der Waals surface area contributed by atoms with Gasteiger partial charge in [-0.3, -0.25) is 0 Å². The lowest BCUT2D eigenvalue weighted by Crippen LogP contribution is -2.54. The second-order valence-electron chi connectivity index (χ2n) is 8.92. The van der Waals surface area contributed by atoms with Gasteiger partial charge in [0.05, 0.1) is 12.7 Å². The van der Waals surface area contributed by atoms with Crippen LogP contribution < -0.4 is 10.2 Å². The van der Waals surface area contributed by atoms with E-state index in [1.807, 2.05) is 43.3 Å². The van der Waals surface area contributed by atoms with E-state index < -0.39 is 0 Å². The van der Waals surface area contributed by atoms with Crippen LogP contribution in [0.1, 0.15) is 43.2 Å². The van der Waals surface area contributed by atoms with Crippen LogP contribution in [-0.2, 0) is 6.54 Å². The van der Waals surface area contributed by atoms with Crippen molar-refractivity contribution < 1.29 is 5.11 Å². The lowest BCUT2D eigenvalue weighted by atomic mass is 9.82. The van der Waals surface area contributed by atoms with Gasteiger partial charge in [-0.2, -0.15) is 0 Å². The summed E-state index contributed by atoms with van der Waals surface area (Å²) in [4.78, 5) is 6.00. The number of aliphatic hydroxyl groups excluding tert-OH is 1. The van der Waals surface area contributed by atoms with Crippen molar-refractivity contribution in [2.45, 2.75) is 63.8 Å². The van der Waals surface area contributed by atoms with Crippen molar-refractivity contribution in [1.82, 2.24) is 10.2 Å². The zero-order valence-corrected chi connectivity index (χ0v) is 18.8. The summed E-state index contributed by atoms with van der Waals surface area (Å²) in [5.74, 6) is 1.52. The summed E-state index contributed by atoms with van der Waals surface area (Å²) in [5, 5.41) is 25.5. The number of nitrogens with zero attached hydrogens (tertiary/aromatic N) is 4. The molecule has 0 amide bonds. The summed E-state index contributed by atoms with van der Waals surface area (Å²) < 4.78 is 0. The molecule has 2 aromatic carbocycles. The SMILES string of the molecule is [C-]#[N+]c1ccc2c(N3C4CCCC3CC(O)C4)nnc(NCc3ccc(C)c(Cl)c3)c2c1. The smallest absolute Gasteiger partial charge is 0.188 e. The van der Waals surface area contributed by atoms with Crippen LogP contribution in [0.25, 0.3) is 15.6 Å². The first-order valence-electron chi connectivity index (χ1n) is 11.2. The van der Waals surface area contributed by atoms with E-state index in [0.717, 1.165) is 58.4 Å². The second-order valence-corrected chi connectivity index (χ2v) is 9.33. The zero-order chi connectivity index (χ0) is 22.2. The number of aryl methyl sites for hydroxylation is 1. The number of hydrogen-bond donors (Lipinski definition) is 2. The van der Waals surface area contributed by atoms with Crippen molar-refractivity contribution in [3.8, 4) is 0 Å². The molecule has 2 N–H and O–H groups in total. The molecule has 0 radical (unpaired) electrons. The van der Waals surface area contributed by atoms with Crippen LogP contribution in [0.3, 0.4) is 0 Å². The van der Waals surface area contributed by atoms with Gasteiger partial charge in [-0.25, -0.2) is 4.85 Å². The van der Waals surface area contributed by atoms with Gasteiger partial charge in [-0.1, -0.05) is 35.9 Å². The normalized spacial score (nSPS) is 22.6. The number of aliphatic hydroxyl groups is 1. The molecular weight excluding hydrogens is 422 g/mol.